The largest absolute Gasteiger partial charge is 1.00 e. The lowest BCUT2D eigenvalue weighted by Crippen LogP contribution is -3.00. The molecule has 1 aromatic carbocycles. The summed E-state index contributed by atoms with van der Waals surface area (Å²) in [4.78, 5) is 16.2. The Morgan fingerprint density at radius 1 is 0.941 bits per heavy atom. The molecule has 0 aliphatic heterocycles. The Labute approximate surface area is 105 Å². The monoisotopic (exact) mass is 251 g/mol. The summed E-state index contributed by atoms with van der Waals surface area (Å²) in [5.41, 5.74) is 0. The van der Waals surface area contributed by atoms with Gasteiger partial charge in [0, 0.05) is 16.9 Å². The van der Waals surface area contributed by atoms with Gasteiger partial charge in [-0.2, -0.15) is 4.79 Å². The van der Waals surface area contributed by atoms with Gasteiger partial charge in [-0.3, -0.25) is 0 Å². The molecule has 2 rings (SSSR count). The van der Waals surface area contributed by atoms with Crippen molar-refractivity contribution in [2.24, 2.45) is 0 Å². The first kappa shape index (κ1) is 13.0. The van der Waals surface area contributed by atoms with Crippen molar-refractivity contribution >= 4 is 6.16 Å². The fourth-order valence-corrected chi connectivity index (χ4v) is 1.13. The van der Waals surface area contributed by atoms with Gasteiger partial charge in [0.25, 0.3) is 0 Å². The first-order valence-corrected chi connectivity index (χ1v) is 4.76. The Morgan fingerprint density at radius 2 is 1.53 bits per heavy atom. The second kappa shape index (κ2) is 6.50. The Kier molecular flexibility index (Phi) is 4.97. The van der Waals surface area contributed by atoms with Crippen molar-refractivity contribution in [2.45, 2.75) is 0 Å². The van der Waals surface area contributed by atoms with Crippen molar-refractivity contribution in [1.29, 1.82) is 0 Å². The zero-order valence-corrected chi connectivity index (χ0v) is 9.58. The molecule has 0 fully saturated rings. The predicted octanol–water partition coefficient (Wildman–Crippen LogP) is -1.39. The molecular formula is C12H10ClNO3. The molecule has 0 bridgehead atoms. The van der Waals surface area contributed by atoms with Crippen LogP contribution >= 0.6 is 0 Å². The Morgan fingerprint density at radius 3 is 2.18 bits per heavy atom. The van der Waals surface area contributed by atoms with Crippen LogP contribution in [0.3, 0.4) is 0 Å². The summed E-state index contributed by atoms with van der Waals surface area (Å²) in [6.45, 7) is 0. The number of para-hydroxylation sites is 1. The minimum atomic E-state index is -0.776. The van der Waals surface area contributed by atoms with Crippen LogP contribution in [0.15, 0.2) is 60.9 Å². The molecule has 17 heavy (non-hydrogen) atoms. The molecule has 1 aromatic heterocycles. The first-order valence-electron chi connectivity index (χ1n) is 4.76. The number of ether oxygens (including phenoxy) is 1. The molecule has 0 amide bonds. The number of halogens is 1. The fraction of sp³-hybridized carbons (Fsp3) is 0. The van der Waals surface area contributed by atoms with Gasteiger partial charge in [0.05, 0.1) is 0 Å². The molecule has 0 atom stereocenters. The number of aromatic nitrogens is 1. The minimum absolute atomic E-state index is 0. The molecule has 4 nitrogen and oxygen atoms in total. The van der Waals surface area contributed by atoms with E-state index in [-0.39, 0.29) is 12.4 Å². The predicted molar refractivity (Wildman–Crippen MR) is 55.7 cm³/mol. The van der Waals surface area contributed by atoms with E-state index in [1.807, 2.05) is 12.1 Å². The van der Waals surface area contributed by atoms with Crippen LogP contribution in [0.5, 0.6) is 5.75 Å². The summed E-state index contributed by atoms with van der Waals surface area (Å²) in [6.07, 6.45) is 2.43. The topological polar surface area (TPSA) is 39.4 Å². The Balaban J connectivity index is 0.00000144. The maximum atomic E-state index is 11.3. The van der Waals surface area contributed by atoms with Crippen molar-refractivity contribution in [3.05, 3.63) is 60.9 Å². The lowest BCUT2D eigenvalue weighted by molar-refractivity contribution is -0.870. The molecule has 0 radical (unpaired) electrons. The van der Waals surface area contributed by atoms with Crippen molar-refractivity contribution < 1.29 is 31.5 Å². The zero-order valence-electron chi connectivity index (χ0n) is 8.82. The van der Waals surface area contributed by atoms with Gasteiger partial charge in [0.15, 0.2) is 0 Å². The highest BCUT2D eigenvalue weighted by Gasteiger charge is 2.12. The third kappa shape index (κ3) is 4.12. The highest BCUT2D eigenvalue weighted by atomic mass is 35.5. The minimum Gasteiger partial charge on any atom is -1.00 e. The molecule has 0 saturated heterocycles. The van der Waals surface area contributed by atoms with Crippen LogP contribution in [0.1, 0.15) is 0 Å². The van der Waals surface area contributed by atoms with E-state index in [2.05, 4.69) is 0 Å². The highest BCUT2D eigenvalue weighted by molar-refractivity contribution is 5.63. The highest BCUT2D eigenvalue weighted by Crippen LogP contribution is 2.07. The molecule has 5 heteroatoms. The molecule has 1 heterocycles. The van der Waals surface area contributed by atoms with Crippen LogP contribution in [0.2, 0.25) is 0 Å². The normalized spacial score (nSPS) is 8.94. The van der Waals surface area contributed by atoms with E-state index >= 15 is 0 Å². The lowest BCUT2D eigenvalue weighted by atomic mass is 10.3. The molecule has 0 N–H and O–H groups in total. The van der Waals surface area contributed by atoms with Crippen LogP contribution in [0.4, 0.5) is 4.79 Å². The number of nitrogens with zero attached hydrogens (tertiary/aromatic N) is 1. The Bertz CT molecular complexity index is 418. The van der Waals surface area contributed by atoms with Crippen LogP contribution in [0, 0.1) is 0 Å². The van der Waals surface area contributed by atoms with Crippen LogP contribution in [-0.2, 0) is 0 Å². The summed E-state index contributed by atoms with van der Waals surface area (Å²) in [5, 5.41) is 0. The second-order valence-electron chi connectivity index (χ2n) is 2.99. The summed E-state index contributed by atoms with van der Waals surface area (Å²) < 4.78 is 6.21. The van der Waals surface area contributed by atoms with E-state index in [1.165, 1.54) is 4.73 Å². The molecule has 88 valence electrons. The van der Waals surface area contributed by atoms with Gasteiger partial charge in [-0.15, -0.1) is 4.84 Å². The average molecular weight is 252 g/mol. The van der Waals surface area contributed by atoms with Gasteiger partial charge in [0.2, 0.25) is 12.4 Å². The summed E-state index contributed by atoms with van der Waals surface area (Å²) >= 11 is 0. The third-order valence-corrected chi connectivity index (χ3v) is 1.81. The molecular weight excluding hydrogens is 242 g/mol. The standard InChI is InChI=1S/C12H10NO3.ClH/c14-12(15-11-7-3-1-4-8-11)16-13-9-5-2-6-10-13;/h1-10H;1H/q+1;/p-1. The second-order valence-corrected chi connectivity index (χ2v) is 2.99. The van der Waals surface area contributed by atoms with E-state index < -0.39 is 6.16 Å². The SMILES string of the molecule is O=C(Oc1ccccc1)O[n+]1ccccc1.[Cl-]. The first-order chi connectivity index (χ1) is 7.84. The van der Waals surface area contributed by atoms with E-state index in [0.29, 0.717) is 5.75 Å². The third-order valence-electron chi connectivity index (χ3n) is 1.81. The number of pyridine rings is 1. The number of hydrogen-bond donors (Lipinski definition) is 0. The van der Waals surface area contributed by atoms with E-state index in [9.17, 15) is 4.79 Å². The Hall–Kier alpha value is -2.07. The van der Waals surface area contributed by atoms with Crippen molar-refractivity contribution in [3.8, 4) is 5.75 Å². The quantitative estimate of drug-likeness (QED) is 0.375. The van der Waals surface area contributed by atoms with Crippen LogP contribution < -0.4 is 26.7 Å². The number of carbonyl (C=O) groups is 1. The van der Waals surface area contributed by atoms with Gasteiger partial charge in [-0.25, -0.2) is 0 Å². The van der Waals surface area contributed by atoms with Crippen molar-refractivity contribution in [2.75, 3.05) is 0 Å². The summed E-state index contributed by atoms with van der Waals surface area (Å²) in [6, 6.07) is 14.1. The smallest absolute Gasteiger partial charge is 0.577 e. The molecule has 0 unspecified atom stereocenters. The number of benzene rings is 1. The summed E-state index contributed by atoms with van der Waals surface area (Å²) in [7, 11) is 0. The van der Waals surface area contributed by atoms with Crippen LogP contribution in [-0.4, -0.2) is 6.16 Å². The van der Waals surface area contributed by atoms with E-state index in [1.54, 1.807) is 48.8 Å². The van der Waals surface area contributed by atoms with Gasteiger partial charge in [-0.1, -0.05) is 24.3 Å². The molecule has 0 spiro atoms. The molecule has 0 aliphatic carbocycles. The van der Waals surface area contributed by atoms with Gasteiger partial charge in [-0.05, 0) is 12.1 Å². The average Bonchev–Trinajstić information content (AvgIpc) is 2.31. The maximum Gasteiger partial charge on any atom is 0.577 e. The molecule has 2 aromatic rings. The van der Waals surface area contributed by atoms with Gasteiger partial charge >= 0.3 is 6.16 Å². The number of rotatable bonds is 2. The fourth-order valence-electron chi connectivity index (χ4n) is 1.13. The van der Waals surface area contributed by atoms with Gasteiger partial charge in [0.1, 0.15) is 5.75 Å². The number of carbonyl (C=O) groups excluding carboxylic acids is 1. The lowest BCUT2D eigenvalue weighted by Gasteiger charge is -1.99. The van der Waals surface area contributed by atoms with Crippen molar-refractivity contribution in [3.63, 3.8) is 0 Å². The molecule has 0 aliphatic rings. The zero-order chi connectivity index (χ0) is 11.2. The van der Waals surface area contributed by atoms with Gasteiger partial charge < -0.3 is 17.1 Å². The molecule has 0 saturated carbocycles. The number of hydrogen-bond acceptors (Lipinski definition) is 3. The summed E-state index contributed by atoms with van der Waals surface area (Å²) in [5.74, 6) is 0.448. The van der Waals surface area contributed by atoms with E-state index in [4.69, 9.17) is 9.57 Å². The van der Waals surface area contributed by atoms with E-state index in [0.717, 1.165) is 0 Å². The van der Waals surface area contributed by atoms with Crippen LogP contribution in [0.25, 0.3) is 0 Å². The maximum absolute atomic E-state index is 11.3. The van der Waals surface area contributed by atoms with Crippen molar-refractivity contribution in [1.82, 2.24) is 0 Å².